The molecule has 8 nitrogen and oxygen atoms in total. The lowest BCUT2D eigenvalue weighted by Crippen LogP contribution is -2.44. The van der Waals surface area contributed by atoms with E-state index in [1.54, 1.807) is 12.1 Å². The normalized spacial score (nSPS) is 12.3. The van der Waals surface area contributed by atoms with Crippen molar-refractivity contribution < 1.29 is 27.9 Å². The largest absolute Gasteiger partial charge is 0.454 e. The van der Waals surface area contributed by atoms with Crippen LogP contribution in [0.2, 0.25) is 0 Å². The number of ether oxygens (including phenoxy) is 1. The van der Waals surface area contributed by atoms with E-state index in [-0.39, 0.29) is 4.90 Å². The molecule has 0 aliphatic heterocycles. The van der Waals surface area contributed by atoms with Gasteiger partial charge in [0.15, 0.2) is 6.61 Å². The monoisotopic (exact) mass is 484 g/mol. The number of aliphatic hydroxyl groups is 1. The molecule has 29 heavy (non-hydrogen) atoms. The van der Waals surface area contributed by atoms with Gasteiger partial charge in [0.2, 0.25) is 10.0 Å². The minimum Gasteiger partial charge on any atom is -0.454 e. The van der Waals surface area contributed by atoms with Crippen molar-refractivity contribution in [2.45, 2.75) is 24.8 Å². The average molecular weight is 485 g/mol. The number of carbonyl (C=O) groups is 2. The molecule has 0 aromatic heterocycles. The lowest BCUT2D eigenvalue weighted by molar-refractivity contribution is -0.149. The zero-order chi connectivity index (χ0) is 21.6. The van der Waals surface area contributed by atoms with E-state index in [1.165, 1.54) is 24.3 Å². The summed E-state index contributed by atoms with van der Waals surface area (Å²) in [6, 6.07) is 9.57. The molecule has 0 radical (unpaired) electrons. The van der Waals surface area contributed by atoms with E-state index < -0.39 is 41.2 Å². The molecule has 1 amide bonds. The van der Waals surface area contributed by atoms with Crippen LogP contribution in [-0.4, -0.2) is 44.7 Å². The molecule has 2 rings (SSSR count). The Morgan fingerprint density at radius 1 is 1.14 bits per heavy atom. The van der Waals surface area contributed by atoms with Crippen LogP contribution in [0.3, 0.4) is 0 Å². The number of rotatable bonds is 8. The molecular weight excluding hydrogens is 464 g/mol. The van der Waals surface area contributed by atoms with Crippen molar-refractivity contribution in [3.8, 4) is 0 Å². The maximum absolute atomic E-state index is 12.3. The fourth-order valence-corrected chi connectivity index (χ4v) is 3.78. The van der Waals surface area contributed by atoms with E-state index in [1.807, 2.05) is 19.9 Å². The zero-order valence-electron chi connectivity index (χ0n) is 15.8. The first kappa shape index (κ1) is 23.0. The lowest BCUT2D eigenvalue weighted by atomic mass is 10.1. The molecule has 2 aromatic rings. The van der Waals surface area contributed by atoms with Gasteiger partial charge >= 0.3 is 5.97 Å². The molecule has 3 N–H and O–H groups in total. The molecule has 0 aliphatic rings. The summed E-state index contributed by atoms with van der Waals surface area (Å²) in [5.74, 6) is -1.65. The van der Waals surface area contributed by atoms with Crippen LogP contribution < -0.4 is 10.0 Å². The zero-order valence-corrected chi connectivity index (χ0v) is 18.2. The number of sulfonamides is 1. The Labute approximate surface area is 177 Å². The Balaban J connectivity index is 1.96. The SMILES string of the molecule is Cc1cccc(NC(=O)COC(=O)C(CO)NS(=O)(=O)c2ccc(Br)cc2)c1C. The molecule has 1 atom stereocenters. The van der Waals surface area contributed by atoms with Crippen molar-refractivity contribution in [3.05, 3.63) is 58.1 Å². The summed E-state index contributed by atoms with van der Waals surface area (Å²) in [5.41, 5.74) is 2.45. The second kappa shape index (κ2) is 9.97. The van der Waals surface area contributed by atoms with Gasteiger partial charge in [0.05, 0.1) is 11.5 Å². The summed E-state index contributed by atoms with van der Waals surface area (Å²) in [6.07, 6.45) is 0. The quantitative estimate of drug-likeness (QED) is 0.491. The lowest BCUT2D eigenvalue weighted by Gasteiger charge is -2.16. The molecule has 1 unspecified atom stereocenters. The van der Waals surface area contributed by atoms with Crippen molar-refractivity contribution in [2.75, 3.05) is 18.5 Å². The number of esters is 1. The van der Waals surface area contributed by atoms with Crippen molar-refractivity contribution in [2.24, 2.45) is 0 Å². The summed E-state index contributed by atoms with van der Waals surface area (Å²) in [5, 5.41) is 12.0. The third-order valence-corrected chi connectivity index (χ3v) is 6.13. The van der Waals surface area contributed by atoms with Gasteiger partial charge in [0.1, 0.15) is 6.04 Å². The van der Waals surface area contributed by atoms with Crippen LogP contribution in [0.5, 0.6) is 0 Å². The number of aryl methyl sites for hydroxylation is 1. The molecule has 0 spiro atoms. The predicted octanol–water partition coefficient (Wildman–Crippen LogP) is 1.89. The van der Waals surface area contributed by atoms with Gasteiger partial charge < -0.3 is 15.2 Å². The van der Waals surface area contributed by atoms with Gasteiger partial charge in [-0.25, -0.2) is 8.42 Å². The highest BCUT2D eigenvalue weighted by molar-refractivity contribution is 9.10. The van der Waals surface area contributed by atoms with E-state index in [2.05, 4.69) is 26.0 Å². The van der Waals surface area contributed by atoms with Crippen LogP contribution in [0.4, 0.5) is 5.69 Å². The van der Waals surface area contributed by atoms with Crippen molar-refractivity contribution in [1.29, 1.82) is 0 Å². The first-order valence-corrected chi connectivity index (χ1v) is 10.8. The minimum atomic E-state index is -4.06. The maximum Gasteiger partial charge on any atom is 0.327 e. The van der Waals surface area contributed by atoms with E-state index in [0.29, 0.717) is 10.2 Å². The number of nitrogens with one attached hydrogen (secondary N) is 2. The molecule has 2 aromatic carbocycles. The topological polar surface area (TPSA) is 122 Å². The number of hydrogen-bond acceptors (Lipinski definition) is 6. The van der Waals surface area contributed by atoms with Gasteiger partial charge in [-0.3, -0.25) is 9.59 Å². The number of hydrogen-bond donors (Lipinski definition) is 3. The van der Waals surface area contributed by atoms with Crippen LogP contribution >= 0.6 is 15.9 Å². The van der Waals surface area contributed by atoms with Crippen molar-refractivity contribution in [1.82, 2.24) is 4.72 Å². The molecule has 0 saturated carbocycles. The van der Waals surface area contributed by atoms with Gasteiger partial charge in [-0.15, -0.1) is 0 Å². The number of carbonyl (C=O) groups excluding carboxylic acids is 2. The number of amides is 1. The van der Waals surface area contributed by atoms with Crippen molar-refractivity contribution >= 4 is 43.5 Å². The fraction of sp³-hybridized carbons (Fsp3) is 0.263. The Morgan fingerprint density at radius 2 is 1.79 bits per heavy atom. The number of anilines is 1. The second-order valence-corrected chi connectivity index (χ2v) is 8.84. The molecule has 0 heterocycles. The van der Waals surface area contributed by atoms with E-state index in [9.17, 15) is 23.1 Å². The van der Waals surface area contributed by atoms with Gasteiger partial charge in [0.25, 0.3) is 5.91 Å². The van der Waals surface area contributed by atoms with Crippen LogP contribution in [0, 0.1) is 13.8 Å². The van der Waals surface area contributed by atoms with E-state index in [4.69, 9.17) is 4.74 Å². The summed E-state index contributed by atoms with van der Waals surface area (Å²) in [6.45, 7) is 2.29. The first-order chi connectivity index (χ1) is 13.6. The first-order valence-electron chi connectivity index (χ1n) is 8.55. The second-order valence-electron chi connectivity index (χ2n) is 6.21. The highest BCUT2D eigenvalue weighted by Gasteiger charge is 2.27. The van der Waals surface area contributed by atoms with Gasteiger partial charge in [-0.1, -0.05) is 28.1 Å². The summed E-state index contributed by atoms with van der Waals surface area (Å²) >= 11 is 3.20. The Kier molecular flexibility index (Phi) is 7.91. The van der Waals surface area contributed by atoms with E-state index in [0.717, 1.165) is 11.1 Å². The third-order valence-electron chi connectivity index (χ3n) is 4.11. The summed E-state index contributed by atoms with van der Waals surface area (Å²) in [7, 11) is -4.06. The molecule has 156 valence electrons. The molecule has 0 fully saturated rings. The number of benzene rings is 2. The number of halogens is 1. The smallest absolute Gasteiger partial charge is 0.327 e. The predicted molar refractivity (Wildman–Crippen MR) is 111 cm³/mol. The Bertz CT molecular complexity index is 992. The fourth-order valence-electron chi connectivity index (χ4n) is 2.34. The van der Waals surface area contributed by atoms with Gasteiger partial charge in [-0.05, 0) is 55.3 Å². The molecular formula is C19H21BrN2O6S. The molecule has 10 heteroatoms. The molecule has 0 saturated heterocycles. The van der Waals surface area contributed by atoms with E-state index >= 15 is 0 Å². The highest BCUT2D eigenvalue weighted by Crippen LogP contribution is 2.18. The maximum atomic E-state index is 12.3. The van der Waals surface area contributed by atoms with Crippen LogP contribution in [0.15, 0.2) is 51.8 Å². The summed E-state index contributed by atoms with van der Waals surface area (Å²) in [4.78, 5) is 24.1. The van der Waals surface area contributed by atoms with Crippen LogP contribution in [0.1, 0.15) is 11.1 Å². The molecule has 0 aliphatic carbocycles. The van der Waals surface area contributed by atoms with Gasteiger partial charge in [0, 0.05) is 10.2 Å². The third kappa shape index (κ3) is 6.36. The Morgan fingerprint density at radius 3 is 2.41 bits per heavy atom. The van der Waals surface area contributed by atoms with Gasteiger partial charge in [-0.2, -0.15) is 4.72 Å². The average Bonchev–Trinajstić information content (AvgIpc) is 2.68. The highest BCUT2D eigenvalue weighted by atomic mass is 79.9. The number of aliphatic hydroxyl groups excluding tert-OH is 1. The van der Waals surface area contributed by atoms with Crippen LogP contribution in [-0.2, 0) is 24.3 Å². The Hall–Kier alpha value is -2.27. The standard InChI is InChI=1S/C19H21BrN2O6S/c1-12-4-3-5-16(13(12)2)21-18(24)11-28-19(25)17(10-23)22-29(26,27)15-8-6-14(20)7-9-15/h3-9,17,22-23H,10-11H2,1-2H3,(H,21,24). The molecule has 0 bridgehead atoms. The van der Waals surface area contributed by atoms with Crippen LogP contribution in [0.25, 0.3) is 0 Å². The van der Waals surface area contributed by atoms with Crippen molar-refractivity contribution in [3.63, 3.8) is 0 Å². The minimum absolute atomic E-state index is 0.0837. The summed E-state index contributed by atoms with van der Waals surface area (Å²) < 4.78 is 32.3.